The van der Waals surface area contributed by atoms with Gasteiger partial charge >= 0.3 is 12.0 Å². The van der Waals surface area contributed by atoms with E-state index in [9.17, 15) is 9.59 Å². The number of nitrogens with one attached hydrogen (secondary N) is 2. The summed E-state index contributed by atoms with van der Waals surface area (Å²) in [4.78, 5) is 21.7. The lowest BCUT2D eigenvalue weighted by molar-refractivity contribution is -0.142. The van der Waals surface area contributed by atoms with E-state index in [4.69, 9.17) is 9.84 Å². The molecule has 0 aromatic carbocycles. The van der Waals surface area contributed by atoms with Crippen molar-refractivity contribution in [2.45, 2.75) is 39.0 Å². The van der Waals surface area contributed by atoms with Crippen LogP contribution in [0, 0.1) is 11.8 Å². The Hall–Kier alpha value is -1.30. The lowest BCUT2D eigenvalue weighted by Crippen LogP contribution is -2.40. The average Bonchev–Trinajstić information content (AvgIpc) is 2.45. The van der Waals surface area contributed by atoms with Gasteiger partial charge in [0.25, 0.3) is 0 Å². The van der Waals surface area contributed by atoms with Crippen LogP contribution in [0.15, 0.2) is 0 Å². The van der Waals surface area contributed by atoms with Gasteiger partial charge in [0.2, 0.25) is 0 Å². The highest BCUT2D eigenvalue weighted by molar-refractivity contribution is 5.73. The Bertz CT molecular complexity index is 302. The smallest absolute Gasteiger partial charge is 0.329 e. The molecule has 1 aliphatic carbocycles. The first-order chi connectivity index (χ1) is 9.61. The highest BCUT2D eigenvalue weighted by atomic mass is 16.5. The third-order valence-electron chi connectivity index (χ3n) is 3.85. The summed E-state index contributed by atoms with van der Waals surface area (Å²) in [5.74, 6) is 0.454. The minimum Gasteiger partial charge on any atom is -0.480 e. The van der Waals surface area contributed by atoms with Gasteiger partial charge in [0, 0.05) is 13.1 Å². The Balaban J connectivity index is 1.99. The van der Waals surface area contributed by atoms with Gasteiger partial charge in [0.15, 0.2) is 0 Å². The van der Waals surface area contributed by atoms with Crippen molar-refractivity contribution in [3.05, 3.63) is 0 Å². The summed E-state index contributed by atoms with van der Waals surface area (Å²) in [6.07, 6.45) is 6.19. The number of hydrogen-bond donors (Lipinski definition) is 3. The zero-order valence-corrected chi connectivity index (χ0v) is 12.2. The van der Waals surface area contributed by atoms with E-state index in [1.165, 1.54) is 32.1 Å². The van der Waals surface area contributed by atoms with E-state index in [0.717, 1.165) is 12.5 Å². The van der Waals surface area contributed by atoms with Gasteiger partial charge in [0.05, 0.1) is 6.61 Å². The van der Waals surface area contributed by atoms with Crippen LogP contribution in [-0.4, -0.2) is 43.4 Å². The number of carboxylic acid groups (broad SMARTS) is 1. The Labute approximate surface area is 120 Å². The molecule has 0 saturated heterocycles. The molecule has 1 rings (SSSR count). The first-order valence-electron chi connectivity index (χ1n) is 7.43. The SMILES string of the molecule is CCC1CCC(CNC(=O)NCCOCC(=O)O)CC1. The number of carbonyl (C=O) groups excluding carboxylic acids is 1. The number of aliphatic carboxylic acids is 1. The summed E-state index contributed by atoms with van der Waals surface area (Å²) < 4.78 is 4.82. The van der Waals surface area contributed by atoms with E-state index in [-0.39, 0.29) is 19.2 Å². The molecule has 1 fully saturated rings. The van der Waals surface area contributed by atoms with Crippen molar-refractivity contribution in [2.24, 2.45) is 11.8 Å². The molecule has 0 spiro atoms. The van der Waals surface area contributed by atoms with Crippen LogP contribution in [0.4, 0.5) is 4.79 Å². The molecule has 3 N–H and O–H groups in total. The molecule has 0 aliphatic heterocycles. The fourth-order valence-electron chi connectivity index (χ4n) is 2.54. The van der Waals surface area contributed by atoms with Gasteiger partial charge in [-0.25, -0.2) is 9.59 Å². The first-order valence-corrected chi connectivity index (χ1v) is 7.43. The monoisotopic (exact) mass is 286 g/mol. The molecule has 0 aromatic rings. The van der Waals surface area contributed by atoms with Crippen LogP contribution in [0.25, 0.3) is 0 Å². The quantitative estimate of drug-likeness (QED) is 0.591. The number of amides is 2. The largest absolute Gasteiger partial charge is 0.480 e. The lowest BCUT2D eigenvalue weighted by atomic mass is 9.81. The maximum Gasteiger partial charge on any atom is 0.329 e. The van der Waals surface area contributed by atoms with Gasteiger partial charge in [-0.2, -0.15) is 0 Å². The molecule has 0 bridgehead atoms. The van der Waals surface area contributed by atoms with Gasteiger partial charge in [0.1, 0.15) is 6.61 Å². The summed E-state index contributed by atoms with van der Waals surface area (Å²) in [7, 11) is 0. The summed E-state index contributed by atoms with van der Waals surface area (Å²) in [6.45, 7) is 3.16. The molecule has 0 radical (unpaired) electrons. The van der Waals surface area contributed by atoms with E-state index >= 15 is 0 Å². The standard InChI is InChI=1S/C14H26N2O4/c1-2-11-3-5-12(6-4-11)9-16-14(19)15-7-8-20-10-13(17)18/h11-12H,2-10H2,1H3,(H,17,18)(H2,15,16,19). The number of hydrogen-bond acceptors (Lipinski definition) is 3. The first kappa shape index (κ1) is 16.8. The van der Waals surface area contributed by atoms with Crippen LogP contribution < -0.4 is 10.6 Å². The molecular formula is C14H26N2O4. The van der Waals surface area contributed by atoms with Crippen molar-refractivity contribution in [1.82, 2.24) is 10.6 Å². The Morgan fingerprint density at radius 1 is 1.15 bits per heavy atom. The fraction of sp³-hybridized carbons (Fsp3) is 0.857. The molecule has 116 valence electrons. The van der Waals surface area contributed by atoms with Crippen LogP contribution in [0.3, 0.4) is 0 Å². The number of urea groups is 1. The second kappa shape index (κ2) is 9.58. The van der Waals surface area contributed by atoms with Gasteiger partial charge in [-0.3, -0.25) is 0 Å². The van der Waals surface area contributed by atoms with Crippen molar-refractivity contribution < 1.29 is 19.4 Å². The molecule has 1 saturated carbocycles. The molecule has 20 heavy (non-hydrogen) atoms. The molecule has 0 unspecified atom stereocenters. The normalized spacial score (nSPS) is 22.2. The predicted octanol–water partition coefficient (Wildman–Crippen LogP) is 1.60. The van der Waals surface area contributed by atoms with Gasteiger partial charge in [-0.1, -0.05) is 26.2 Å². The second-order valence-corrected chi connectivity index (χ2v) is 5.38. The minimum atomic E-state index is -1.00. The van der Waals surface area contributed by atoms with Crippen LogP contribution in [-0.2, 0) is 9.53 Å². The van der Waals surface area contributed by atoms with Crippen molar-refractivity contribution in [1.29, 1.82) is 0 Å². The Morgan fingerprint density at radius 2 is 1.80 bits per heavy atom. The number of ether oxygens (including phenoxy) is 1. The molecule has 2 amide bonds. The second-order valence-electron chi connectivity index (χ2n) is 5.38. The highest BCUT2D eigenvalue weighted by Crippen LogP contribution is 2.29. The molecule has 0 heterocycles. The molecular weight excluding hydrogens is 260 g/mol. The number of carboxylic acids is 1. The van der Waals surface area contributed by atoms with E-state index in [2.05, 4.69) is 17.6 Å². The summed E-state index contributed by atoms with van der Waals surface area (Å²) >= 11 is 0. The van der Waals surface area contributed by atoms with Crippen molar-refractivity contribution >= 4 is 12.0 Å². The molecule has 0 atom stereocenters. The summed E-state index contributed by atoms with van der Waals surface area (Å²) in [5.41, 5.74) is 0. The van der Waals surface area contributed by atoms with Crippen molar-refractivity contribution in [2.75, 3.05) is 26.3 Å². The van der Waals surface area contributed by atoms with Crippen LogP contribution >= 0.6 is 0 Å². The maximum atomic E-state index is 11.5. The third-order valence-corrected chi connectivity index (χ3v) is 3.85. The van der Waals surface area contributed by atoms with Crippen LogP contribution in [0.1, 0.15) is 39.0 Å². The Kier molecular flexibility index (Phi) is 8.02. The predicted molar refractivity (Wildman–Crippen MR) is 75.6 cm³/mol. The van der Waals surface area contributed by atoms with Crippen molar-refractivity contribution in [3.63, 3.8) is 0 Å². The number of carbonyl (C=O) groups is 2. The average molecular weight is 286 g/mol. The van der Waals surface area contributed by atoms with Crippen LogP contribution in [0.5, 0.6) is 0 Å². The highest BCUT2D eigenvalue weighted by Gasteiger charge is 2.20. The zero-order chi connectivity index (χ0) is 14.8. The van der Waals surface area contributed by atoms with Gasteiger partial charge in [-0.05, 0) is 24.7 Å². The zero-order valence-electron chi connectivity index (χ0n) is 12.2. The summed E-state index contributed by atoms with van der Waals surface area (Å²) in [6, 6.07) is -0.207. The lowest BCUT2D eigenvalue weighted by Gasteiger charge is -2.27. The van der Waals surface area contributed by atoms with Crippen molar-refractivity contribution in [3.8, 4) is 0 Å². The topological polar surface area (TPSA) is 87.7 Å². The molecule has 6 heteroatoms. The summed E-state index contributed by atoms with van der Waals surface area (Å²) in [5, 5.41) is 13.9. The van der Waals surface area contributed by atoms with Gasteiger partial charge in [-0.15, -0.1) is 0 Å². The number of rotatable bonds is 8. The fourth-order valence-corrected chi connectivity index (χ4v) is 2.54. The van der Waals surface area contributed by atoms with E-state index in [0.29, 0.717) is 12.5 Å². The van der Waals surface area contributed by atoms with E-state index in [1.54, 1.807) is 0 Å². The van der Waals surface area contributed by atoms with E-state index < -0.39 is 5.97 Å². The molecule has 0 aromatic heterocycles. The maximum absolute atomic E-state index is 11.5. The third kappa shape index (κ3) is 7.33. The van der Waals surface area contributed by atoms with E-state index in [1.807, 2.05) is 0 Å². The Morgan fingerprint density at radius 3 is 2.40 bits per heavy atom. The molecule has 6 nitrogen and oxygen atoms in total. The molecule has 1 aliphatic rings. The van der Waals surface area contributed by atoms with Crippen LogP contribution in [0.2, 0.25) is 0 Å². The van der Waals surface area contributed by atoms with Gasteiger partial charge < -0.3 is 20.5 Å². The minimum absolute atomic E-state index is 0.207.